The van der Waals surface area contributed by atoms with Crippen LogP contribution in [-0.4, -0.2) is 43.7 Å². The number of aryl methyl sites for hydroxylation is 2. The van der Waals surface area contributed by atoms with Crippen molar-refractivity contribution in [1.29, 1.82) is 0 Å². The van der Waals surface area contributed by atoms with E-state index in [-0.39, 0.29) is 28.3 Å². The average molecular weight is 394 g/mol. The number of nitrogens with one attached hydrogen (secondary N) is 1. The molecule has 0 aromatic carbocycles. The van der Waals surface area contributed by atoms with Crippen LogP contribution in [0.15, 0.2) is 6.20 Å². The normalized spacial score (nSPS) is 15.9. The van der Waals surface area contributed by atoms with Gasteiger partial charge in [-0.1, -0.05) is 11.6 Å². The molecule has 2 aromatic rings. The molecule has 0 bridgehead atoms. The molecule has 0 aliphatic carbocycles. The minimum Gasteiger partial charge on any atom is -0.378 e. The van der Waals surface area contributed by atoms with Crippen LogP contribution in [0.2, 0.25) is 5.02 Å². The lowest BCUT2D eigenvalue weighted by molar-refractivity contribution is -0.383. The minimum atomic E-state index is -0.542. The number of aromatic nitrogens is 3. The molecular weight excluding hydrogens is 370 g/mol. The zero-order valence-corrected chi connectivity index (χ0v) is 16.5. The maximum Gasteiger partial charge on any atom is 0.335 e. The van der Waals surface area contributed by atoms with Gasteiger partial charge in [-0.2, -0.15) is 5.10 Å². The van der Waals surface area contributed by atoms with E-state index in [1.807, 2.05) is 18.7 Å². The highest BCUT2D eigenvalue weighted by molar-refractivity contribution is 6.33. The number of hydrogen-bond donors (Lipinski definition) is 2. The number of pyridine rings is 1. The third-order valence-electron chi connectivity index (χ3n) is 5.19. The van der Waals surface area contributed by atoms with Gasteiger partial charge in [0.2, 0.25) is 5.82 Å². The van der Waals surface area contributed by atoms with Gasteiger partial charge in [-0.15, -0.1) is 0 Å². The van der Waals surface area contributed by atoms with Gasteiger partial charge in [-0.3, -0.25) is 19.7 Å². The van der Waals surface area contributed by atoms with Gasteiger partial charge in [0.25, 0.3) is 0 Å². The number of nitro groups is 1. The SMILES string of the molecule is Cc1nn(C)c(C)c1CN1CCC(Nc2c(Cl)cnc(N)c2[N+](=O)[O-])CC1. The van der Waals surface area contributed by atoms with Crippen LogP contribution in [0.25, 0.3) is 0 Å². The van der Waals surface area contributed by atoms with E-state index in [9.17, 15) is 10.1 Å². The Kier molecular flexibility index (Phi) is 5.52. The first-order valence-electron chi connectivity index (χ1n) is 8.84. The second-order valence-corrected chi connectivity index (χ2v) is 7.35. The number of nitrogen functional groups attached to an aromatic ring is 1. The van der Waals surface area contributed by atoms with Crippen molar-refractivity contribution < 1.29 is 4.92 Å². The Bertz CT molecular complexity index is 859. The van der Waals surface area contributed by atoms with E-state index in [1.54, 1.807) is 0 Å². The molecule has 0 saturated carbocycles. The molecule has 3 heterocycles. The smallest absolute Gasteiger partial charge is 0.335 e. The fraction of sp³-hybridized carbons (Fsp3) is 0.529. The summed E-state index contributed by atoms with van der Waals surface area (Å²) in [4.78, 5) is 16.9. The lowest BCUT2D eigenvalue weighted by Gasteiger charge is -2.33. The highest BCUT2D eigenvalue weighted by atomic mass is 35.5. The topological polar surface area (TPSA) is 115 Å². The Morgan fingerprint density at radius 2 is 2.07 bits per heavy atom. The van der Waals surface area contributed by atoms with Crippen LogP contribution in [0.3, 0.4) is 0 Å². The maximum absolute atomic E-state index is 11.3. The number of anilines is 2. The second-order valence-electron chi connectivity index (χ2n) is 6.94. The summed E-state index contributed by atoms with van der Waals surface area (Å²) in [6.07, 6.45) is 3.05. The third-order valence-corrected chi connectivity index (χ3v) is 5.48. The molecule has 1 aliphatic heterocycles. The lowest BCUT2D eigenvalue weighted by Crippen LogP contribution is -2.39. The summed E-state index contributed by atoms with van der Waals surface area (Å²) in [5, 5.41) is 19.2. The van der Waals surface area contributed by atoms with E-state index in [4.69, 9.17) is 17.3 Å². The van der Waals surface area contributed by atoms with E-state index in [1.165, 1.54) is 17.5 Å². The summed E-state index contributed by atoms with van der Waals surface area (Å²) in [6.45, 7) is 6.75. The standard InChI is InChI=1S/C17H24ClN7O2/c1-10-13(11(2)23(3)22-10)9-24-6-4-12(5-7-24)21-15-14(18)8-20-17(19)16(15)25(26)27/h8,12H,4-7,9H2,1-3H3,(H3,19,20,21). The van der Waals surface area contributed by atoms with Crippen LogP contribution in [0, 0.1) is 24.0 Å². The van der Waals surface area contributed by atoms with Crippen molar-refractivity contribution in [2.24, 2.45) is 7.05 Å². The predicted octanol–water partition coefficient (Wildman–Crippen LogP) is 2.65. The highest BCUT2D eigenvalue weighted by Gasteiger charge is 2.27. The Labute approximate surface area is 162 Å². The number of hydrogen-bond acceptors (Lipinski definition) is 7. The Morgan fingerprint density at radius 1 is 1.41 bits per heavy atom. The molecule has 0 spiro atoms. The van der Waals surface area contributed by atoms with E-state index in [0.717, 1.165) is 38.2 Å². The number of nitrogens with two attached hydrogens (primary N) is 1. The first-order valence-corrected chi connectivity index (χ1v) is 9.22. The van der Waals surface area contributed by atoms with Crippen molar-refractivity contribution in [3.63, 3.8) is 0 Å². The maximum atomic E-state index is 11.3. The van der Waals surface area contributed by atoms with Gasteiger partial charge in [-0.25, -0.2) is 4.98 Å². The molecule has 0 atom stereocenters. The molecule has 9 nitrogen and oxygen atoms in total. The third kappa shape index (κ3) is 3.98. The van der Waals surface area contributed by atoms with E-state index < -0.39 is 4.92 Å². The van der Waals surface area contributed by atoms with Crippen LogP contribution in [0.1, 0.15) is 29.8 Å². The van der Waals surface area contributed by atoms with E-state index in [0.29, 0.717) is 0 Å². The van der Waals surface area contributed by atoms with E-state index in [2.05, 4.69) is 27.2 Å². The van der Waals surface area contributed by atoms with Crippen molar-refractivity contribution in [1.82, 2.24) is 19.7 Å². The summed E-state index contributed by atoms with van der Waals surface area (Å²) < 4.78 is 1.91. The van der Waals surface area contributed by atoms with Crippen LogP contribution in [-0.2, 0) is 13.6 Å². The molecular formula is C17H24ClN7O2. The number of piperidine rings is 1. The summed E-state index contributed by atoms with van der Waals surface area (Å²) in [6, 6.07) is 0.0929. The fourth-order valence-corrected chi connectivity index (χ4v) is 3.72. The molecule has 0 radical (unpaired) electrons. The fourth-order valence-electron chi connectivity index (χ4n) is 3.52. The van der Waals surface area contributed by atoms with Gasteiger partial charge in [-0.05, 0) is 26.7 Å². The zero-order valence-electron chi connectivity index (χ0n) is 15.7. The number of rotatable bonds is 5. The molecule has 0 amide bonds. The Hall–Kier alpha value is -2.39. The molecule has 2 aromatic heterocycles. The van der Waals surface area contributed by atoms with Crippen molar-refractivity contribution in [2.45, 2.75) is 39.3 Å². The molecule has 146 valence electrons. The van der Waals surface area contributed by atoms with Crippen LogP contribution < -0.4 is 11.1 Å². The van der Waals surface area contributed by atoms with Crippen molar-refractivity contribution >= 4 is 28.8 Å². The van der Waals surface area contributed by atoms with E-state index >= 15 is 0 Å². The molecule has 1 saturated heterocycles. The lowest BCUT2D eigenvalue weighted by atomic mass is 10.0. The number of halogens is 1. The van der Waals surface area contributed by atoms with Gasteiger partial charge in [0.1, 0.15) is 5.69 Å². The van der Waals surface area contributed by atoms with Gasteiger partial charge >= 0.3 is 5.69 Å². The van der Waals surface area contributed by atoms with Gasteiger partial charge in [0, 0.05) is 44.0 Å². The van der Waals surface area contributed by atoms with Gasteiger partial charge < -0.3 is 11.1 Å². The molecule has 1 aliphatic rings. The van der Waals surface area contributed by atoms with Crippen LogP contribution in [0.5, 0.6) is 0 Å². The molecule has 3 N–H and O–H groups in total. The summed E-state index contributed by atoms with van der Waals surface area (Å²) in [5.74, 6) is -0.133. The summed E-state index contributed by atoms with van der Waals surface area (Å²) >= 11 is 6.13. The molecule has 0 unspecified atom stereocenters. The quantitative estimate of drug-likeness (QED) is 0.592. The van der Waals surface area contributed by atoms with Gasteiger partial charge in [0.15, 0.2) is 0 Å². The molecule has 10 heteroatoms. The minimum absolute atomic E-state index is 0.0929. The summed E-state index contributed by atoms with van der Waals surface area (Å²) in [7, 11) is 1.96. The number of likely N-dealkylation sites (tertiary alicyclic amines) is 1. The average Bonchev–Trinajstić information content (AvgIpc) is 2.85. The number of nitrogens with zero attached hydrogens (tertiary/aromatic N) is 5. The molecule has 27 heavy (non-hydrogen) atoms. The second kappa shape index (κ2) is 7.69. The van der Waals surface area contributed by atoms with Crippen LogP contribution >= 0.6 is 11.6 Å². The monoisotopic (exact) mass is 393 g/mol. The first kappa shape index (κ1) is 19.4. The van der Waals surface area contributed by atoms with Gasteiger partial charge in [0.05, 0.1) is 21.8 Å². The van der Waals surface area contributed by atoms with Crippen molar-refractivity contribution in [2.75, 3.05) is 24.1 Å². The zero-order chi connectivity index (χ0) is 19.7. The Balaban J connectivity index is 1.65. The summed E-state index contributed by atoms with van der Waals surface area (Å²) in [5.41, 5.74) is 9.18. The Morgan fingerprint density at radius 3 is 2.63 bits per heavy atom. The van der Waals surface area contributed by atoms with Crippen molar-refractivity contribution in [3.8, 4) is 0 Å². The van der Waals surface area contributed by atoms with Crippen LogP contribution in [0.4, 0.5) is 17.2 Å². The predicted molar refractivity (Wildman–Crippen MR) is 105 cm³/mol. The molecule has 3 rings (SSSR count). The molecule has 1 fully saturated rings. The first-order chi connectivity index (χ1) is 12.8. The highest BCUT2D eigenvalue weighted by Crippen LogP contribution is 2.36. The van der Waals surface area contributed by atoms with Crippen molar-refractivity contribution in [3.05, 3.63) is 38.3 Å². The largest absolute Gasteiger partial charge is 0.378 e.